The second-order valence-electron chi connectivity index (χ2n) is 3.66. The van der Waals surface area contributed by atoms with Gasteiger partial charge < -0.3 is 0 Å². The minimum absolute atomic E-state index is 0.275. The molecule has 96 valence electrons. The standard InChI is InChI=1S/C11H8FN5S2/c12-9-5-8(7-13)10(16-1-3-18-14-16)6-11(9)17-2-4-19-15-17/h1-6,14-15H. The van der Waals surface area contributed by atoms with E-state index in [4.69, 9.17) is 5.26 Å². The first-order valence-electron chi connectivity index (χ1n) is 5.27. The Bertz CT molecular complexity index is 610. The van der Waals surface area contributed by atoms with E-state index in [1.807, 2.05) is 11.5 Å². The van der Waals surface area contributed by atoms with Crippen LogP contribution < -0.4 is 19.7 Å². The van der Waals surface area contributed by atoms with E-state index in [1.54, 1.807) is 33.9 Å². The smallest absolute Gasteiger partial charge is 0.149 e. The number of rotatable bonds is 2. The van der Waals surface area contributed by atoms with E-state index in [2.05, 4.69) is 9.66 Å². The summed E-state index contributed by atoms with van der Waals surface area (Å²) in [5, 5.41) is 16.0. The lowest BCUT2D eigenvalue weighted by atomic mass is 10.1. The molecule has 0 aromatic heterocycles. The number of hydrazine groups is 2. The Kier molecular flexibility index (Phi) is 3.35. The van der Waals surface area contributed by atoms with Gasteiger partial charge in [0.15, 0.2) is 0 Å². The summed E-state index contributed by atoms with van der Waals surface area (Å²) in [4.78, 5) is 5.91. The number of hydrogen-bond acceptors (Lipinski definition) is 7. The van der Waals surface area contributed by atoms with Crippen molar-refractivity contribution < 1.29 is 4.39 Å². The highest BCUT2D eigenvalue weighted by Crippen LogP contribution is 2.32. The molecular formula is C11H8FN5S2. The highest BCUT2D eigenvalue weighted by Gasteiger charge is 2.19. The highest BCUT2D eigenvalue weighted by atomic mass is 32.2. The zero-order valence-corrected chi connectivity index (χ0v) is 11.1. The molecule has 1 aromatic carbocycles. The average molecular weight is 293 g/mol. The number of halogens is 1. The van der Waals surface area contributed by atoms with Crippen molar-refractivity contribution in [2.45, 2.75) is 0 Å². The summed E-state index contributed by atoms with van der Waals surface area (Å²) in [7, 11) is 0. The van der Waals surface area contributed by atoms with Gasteiger partial charge in [-0.3, -0.25) is 10.0 Å². The second kappa shape index (κ2) is 5.14. The first-order valence-corrected chi connectivity index (χ1v) is 7.03. The molecule has 0 radical (unpaired) electrons. The van der Waals surface area contributed by atoms with Crippen molar-refractivity contribution in [2.75, 3.05) is 10.0 Å². The highest BCUT2D eigenvalue weighted by molar-refractivity contribution is 8.00. The predicted octanol–water partition coefficient (Wildman–Crippen LogP) is 2.59. The van der Waals surface area contributed by atoms with Gasteiger partial charge in [0.2, 0.25) is 0 Å². The van der Waals surface area contributed by atoms with E-state index in [-0.39, 0.29) is 5.56 Å². The molecular weight excluding hydrogens is 285 g/mol. The van der Waals surface area contributed by atoms with Gasteiger partial charge in [-0.2, -0.15) is 14.9 Å². The van der Waals surface area contributed by atoms with Crippen LogP contribution in [0.15, 0.2) is 35.3 Å². The van der Waals surface area contributed by atoms with Gasteiger partial charge in [-0.15, -0.1) is 0 Å². The Morgan fingerprint density at radius 2 is 1.68 bits per heavy atom. The lowest BCUT2D eigenvalue weighted by molar-refractivity contribution is 0.623. The Morgan fingerprint density at radius 1 is 1.05 bits per heavy atom. The van der Waals surface area contributed by atoms with Crippen LogP contribution in [0.1, 0.15) is 5.56 Å². The van der Waals surface area contributed by atoms with E-state index in [0.717, 1.165) is 0 Å². The Hall–Kier alpha value is -1.66. The molecule has 0 saturated heterocycles. The molecule has 2 aliphatic heterocycles. The summed E-state index contributed by atoms with van der Waals surface area (Å²) < 4.78 is 14.0. The van der Waals surface area contributed by atoms with E-state index in [1.165, 1.54) is 30.0 Å². The number of benzene rings is 1. The minimum Gasteiger partial charge on any atom is -0.272 e. The number of hydrogen-bond donors (Lipinski definition) is 2. The number of anilines is 2. The Labute approximate surface area is 117 Å². The molecule has 2 aliphatic rings. The van der Waals surface area contributed by atoms with Gasteiger partial charge in [0.05, 0.1) is 16.9 Å². The van der Waals surface area contributed by atoms with Gasteiger partial charge in [-0.1, -0.05) is 0 Å². The van der Waals surface area contributed by atoms with E-state index < -0.39 is 5.82 Å². The number of nitrogens with zero attached hydrogens (tertiary/aromatic N) is 3. The number of nitriles is 1. The summed E-state index contributed by atoms with van der Waals surface area (Å²) in [5.74, 6) is -0.448. The lowest BCUT2D eigenvalue weighted by Crippen LogP contribution is -2.27. The van der Waals surface area contributed by atoms with Crippen LogP contribution in [0.4, 0.5) is 15.8 Å². The third-order valence-electron chi connectivity index (χ3n) is 2.56. The third kappa shape index (κ3) is 2.29. The van der Waals surface area contributed by atoms with Crippen molar-refractivity contribution in [3.8, 4) is 6.07 Å². The van der Waals surface area contributed by atoms with E-state index in [9.17, 15) is 4.39 Å². The summed E-state index contributed by atoms with van der Waals surface area (Å²) in [6, 6.07) is 4.87. The maximum absolute atomic E-state index is 14.0. The molecule has 0 fully saturated rings. The molecule has 5 nitrogen and oxygen atoms in total. The molecule has 0 amide bonds. The van der Waals surface area contributed by atoms with Gasteiger partial charge in [-0.25, -0.2) is 4.39 Å². The third-order valence-corrected chi connectivity index (χ3v) is 3.68. The molecule has 0 saturated carbocycles. The minimum atomic E-state index is -0.448. The van der Waals surface area contributed by atoms with E-state index >= 15 is 0 Å². The first kappa shape index (κ1) is 12.4. The van der Waals surface area contributed by atoms with Gasteiger partial charge >= 0.3 is 0 Å². The topological polar surface area (TPSA) is 54.3 Å². The Balaban J connectivity index is 2.06. The molecule has 0 unspecified atom stereocenters. The predicted molar refractivity (Wildman–Crippen MR) is 75.8 cm³/mol. The Morgan fingerprint density at radius 3 is 2.21 bits per heavy atom. The lowest BCUT2D eigenvalue weighted by Gasteiger charge is -2.21. The molecule has 0 atom stereocenters. The molecule has 1 aromatic rings. The zero-order valence-electron chi connectivity index (χ0n) is 9.50. The fraction of sp³-hybridized carbons (Fsp3) is 0. The summed E-state index contributed by atoms with van der Waals surface area (Å²) in [6.07, 6.45) is 3.51. The molecule has 0 bridgehead atoms. The van der Waals surface area contributed by atoms with Crippen LogP contribution in [-0.2, 0) is 0 Å². The van der Waals surface area contributed by atoms with E-state index in [0.29, 0.717) is 11.4 Å². The first-order chi connectivity index (χ1) is 9.29. The van der Waals surface area contributed by atoms with Crippen molar-refractivity contribution in [1.82, 2.24) is 9.66 Å². The van der Waals surface area contributed by atoms with Crippen LogP contribution in [0, 0.1) is 17.1 Å². The SMILES string of the molecule is N#Cc1cc(F)c(N2C=CSN2)cc1N1C=CSN1. The molecule has 2 N–H and O–H groups in total. The molecule has 19 heavy (non-hydrogen) atoms. The fourth-order valence-corrected chi connectivity index (χ4v) is 2.73. The quantitative estimate of drug-likeness (QED) is 0.813. The summed E-state index contributed by atoms with van der Waals surface area (Å²) in [6.45, 7) is 0. The second-order valence-corrected chi connectivity index (χ2v) is 5.04. The normalized spacial score (nSPS) is 17.3. The zero-order chi connectivity index (χ0) is 13.2. The van der Waals surface area contributed by atoms with Crippen LogP contribution in [0.3, 0.4) is 0 Å². The van der Waals surface area contributed by atoms with Gasteiger partial charge in [-0.05, 0) is 36.0 Å². The van der Waals surface area contributed by atoms with Crippen LogP contribution in [-0.4, -0.2) is 0 Å². The van der Waals surface area contributed by atoms with Crippen molar-refractivity contribution >= 4 is 35.3 Å². The monoisotopic (exact) mass is 293 g/mol. The van der Waals surface area contributed by atoms with Gasteiger partial charge in [0.1, 0.15) is 11.9 Å². The maximum atomic E-state index is 14.0. The van der Waals surface area contributed by atoms with Crippen LogP contribution >= 0.6 is 23.9 Å². The molecule has 2 heterocycles. The largest absolute Gasteiger partial charge is 0.272 e. The van der Waals surface area contributed by atoms with Crippen LogP contribution in [0.25, 0.3) is 0 Å². The van der Waals surface area contributed by atoms with Crippen LogP contribution in [0.2, 0.25) is 0 Å². The van der Waals surface area contributed by atoms with Gasteiger partial charge in [0.25, 0.3) is 0 Å². The molecule has 3 rings (SSSR count). The summed E-state index contributed by atoms with van der Waals surface area (Å²) >= 11 is 2.73. The molecule has 8 heteroatoms. The summed E-state index contributed by atoms with van der Waals surface area (Å²) in [5.41, 5.74) is 1.24. The van der Waals surface area contributed by atoms with Crippen molar-refractivity contribution in [3.05, 3.63) is 46.7 Å². The van der Waals surface area contributed by atoms with Crippen molar-refractivity contribution in [3.63, 3.8) is 0 Å². The fourth-order valence-electron chi connectivity index (χ4n) is 1.70. The average Bonchev–Trinajstić information content (AvgIpc) is 3.11. The number of nitrogens with one attached hydrogen (secondary N) is 2. The van der Waals surface area contributed by atoms with Gasteiger partial charge in [0, 0.05) is 23.2 Å². The molecule has 0 aliphatic carbocycles. The van der Waals surface area contributed by atoms with Crippen molar-refractivity contribution in [1.29, 1.82) is 5.26 Å². The van der Waals surface area contributed by atoms with Crippen LogP contribution in [0.5, 0.6) is 0 Å². The van der Waals surface area contributed by atoms with Crippen molar-refractivity contribution in [2.24, 2.45) is 0 Å². The molecule has 0 spiro atoms. The maximum Gasteiger partial charge on any atom is 0.149 e.